The molecular weight excluding hydrogens is 314 g/mol. The second kappa shape index (κ2) is 6.94. The van der Waals surface area contributed by atoms with Gasteiger partial charge in [-0.3, -0.25) is 14.7 Å². The van der Waals surface area contributed by atoms with E-state index >= 15 is 0 Å². The monoisotopic (exact) mass is 343 g/mol. The first-order valence-electron chi connectivity index (χ1n) is 9.65. The smallest absolute Gasteiger partial charge is 0.222 e. The number of hydrogen-bond donors (Lipinski definition) is 0. The minimum atomic E-state index is 0.292. The highest BCUT2D eigenvalue weighted by Gasteiger charge is 2.42. The molecule has 1 saturated carbocycles. The van der Waals surface area contributed by atoms with Gasteiger partial charge in [-0.2, -0.15) is 0 Å². The molecule has 5 heteroatoms. The van der Waals surface area contributed by atoms with Gasteiger partial charge in [-0.1, -0.05) is 0 Å². The van der Waals surface area contributed by atoms with E-state index < -0.39 is 0 Å². The second-order valence-corrected chi connectivity index (χ2v) is 8.22. The van der Waals surface area contributed by atoms with Crippen LogP contribution < -0.4 is 4.74 Å². The maximum absolute atomic E-state index is 12.3. The van der Waals surface area contributed by atoms with Crippen molar-refractivity contribution in [1.82, 2.24) is 14.8 Å². The molecule has 5 nitrogen and oxygen atoms in total. The number of amides is 1. The number of carbonyl (C=O) groups excluding carboxylic acids is 1. The van der Waals surface area contributed by atoms with E-state index in [9.17, 15) is 4.79 Å². The van der Waals surface area contributed by atoms with Crippen molar-refractivity contribution in [2.45, 2.75) is 45.1 Å². The van der Waals surface area contributed by atoms with Crippen LogP contribution in [0.25, 0.3) is 0 Å². The lowest BCUT2D eigenvalue weighted by atomic mass is 9.73. The van der Waals surface area contributed by atoms with Crippen molar-refractivity contribution in [3.63, 3.8) is 0 Å². The largest absolute Gasteiger partial charge is 0.497 e. The number of rotatable bonds is 5. The van der Waals surface area contributed by atoms with E-state index in [-0.39, 0.29) is 0 Å². The van der Waals surface area contributed by atoms with Crippen molar-refractivity contribution >= 4 is 5.91 Å². The van der Waals surface area contributed by atoms with Crippen LogP contribution in [-0.4, -0.2) is 54.0 Å². The number of ether oxygens (including phenoxy) is 1. The zero-order chi connectivity index (χ0) is 17.3. The molecule has 1 aromatic heterocycles. The van der Waals surface area contributed by atoms with Gasteiger partial charge >= 0.3 is 0 Å². The van der Waals surface area contributed by atoms with E-state index in [0.29, 0.717) is 11.3 Å². The van der Waals surface area contributed by atoms with Gasteiger partial charge in [0.25, 0.3) is 0 Å². The van der Waals surface area contributed by atoms with Gasteiger partial charge in [0.15, 0.2) is 0 Å². The Morgan fingerprint density at radius 3 is 3.00 bits per heavy atom. The Morgan fingerprint density at radius 1 is 1.32 bits per heavy atom. The van der Waals surface area contributed by atoms with Crippen molar-refractivity contribution in [2.24, 2.45) is 11.3 Å². The van der Waals surface area contributed by atoms with Crippen LogP contribution in [0.3, 0.4) is 0 Å². The SMILES string of the molecule is COc1ccnc(CN2CCC[C@@]3(CCC(=O)N(CC4CC4)C3)C2)c1. The van der Waals surface area contributed by atoms with Crippen molar-refractivity contribution in [1.29, 1.82) is 0 Å². The minimum absolute atomic E-state index is 0.292. The maximum atomic E-state index is 12.3. The molecule has 2 aliphatic heterocycles. The van der Waals surface area contributed by atoms with Gasteiger partial charge < -0.3 is 9.64 Å². The fourth-order valence-corrected chi connectivity index (χ4v) is 4.56. The summed E-state index contributed by atoms with van der Waals surface area (Å²) in [5.74, 6) is 2.03. The van der Waals surface area contributed by atoms with Gasteiger partial charge in [0.1, 0.15) is 5.75 Å². The molecule has 1 aliphatic carbocycles. The second-order valence-electron chi connectivity index (χ2n) is 8.22. The van der Waals surface area contributed by atoms with Crippen LogP contribution in [0.1, 0.15) is 44.2 Å². The van der Waals surface area contributed by atoms with Gasteiger partial charge in [0.05, 0.1) is 12.8 Å². The summed E-state index contributed by atoms with van der Waals surface area (Å²) >= 11 is 0. The highest BCUT2D eigenvalue weighted by atomic mass is 16.5. The molecule has 0 radical (unpaired) electrons. The van der Waals surface area contributed by atoms with E-state index in [1.165, 1.54) is 25.7 Å². The minimum Gasteiger partial charge on any atom is -0.497 e. The molecule has 0 aromatic carbocycles. The lowest BCUT2D eigenvalue weighted by molar-refractivity contribution is -0.139. The zero-order valence-electron chi connectivity index (χ0n) is 15.2. The van der Waals surface area contributed by atoms with Crippen LogP contribution in [-0.2, 0) is 11.3 Å². The molecule has 1 atom stereocenters. The number of hydrogen-bond acceptors (Lipinski definition) is 4. The van der Waals surface area contributed by atoms with E-state index in [2.05, 4.69) is 14.8 Å². The predicted molar refractivity (Wildman–Crippen MR) is 96.3 cm³/mol. The van der Waals surface area contributed by atoms with Gasteiger partial charge in [-0.25, -0.2) is 0 Å². The lowest BCUT2D eigenvalue weighted by Crippen LogP contribution is -2.54. The van der Waals surface area contributed by atoms with Crippen molar-refractivity contribution in [3.8, 4) is 5.75 Å². The number of likely N-dealkylation sites (tertiary alicyclic amines) is 2. The van der Waals surface area contributed by atoms with Gasteiger partial charge in [-0.05, 0) is 50.6 Å². The van der Waals surface area contributed by atoms with Crippen molar-refractivity contribution in [3.05, 3.63) is 24.0 Å². The van der Waals surface area contributed by atoms with Crippen LogP contribution in [0.2, 0.25) is 0 Å². The third-order valence-electron chi connectivity index (χ3n) is 6.07. The molecule has 1 amide bonds. The maximum Gasteiger partial charge on any atom is 0.222 e. The van der Waals surface area contributed by atoms with Gasteiger partial charge in [-0.15, -0.1) is 0 Å². The first-order valence-corrected chi connectivity index (χ1v) is 9.65. The molecule has 0 N–H and O–H groups in total. The number of piperidine rings is 2. The van der Waals surface area contributed by atoms with E-state index in [0.717, 1.165) is 62.9 Å². The lowest BCUT2D eigenvalue weighted by Gasteiger charge is -2.48. The molecular formula is C20H29N3O2. The summed E-state index contributed by atoms with van der Waals surface area (Å²) in [6.07, 6.45) is 8.70. The summed E-state index contributed by atoms with van der Waals surface area (Å²) in [6.45, 7) is 5.04. The fraction of sp³-hybridized carbons (Fsp3) is 0.700. The number of carbonyl (C=O) groups is 1. The molecule has 3 fully saturated rings. The Balaban J connectivity index is 1.41. The van der Waals surface area contributed by atoms with E-state index in [4.69, 9.17) is 4.74 Å². The van der Waals surface area contributed by atoms with Crippen LogP contribution in [0, 0.1) is 11.3 Å². The third kappa shape index (κ3) is 3.97. The Morgan fingerprint density at radius 2 is 2.20 bits per heavy atom. The normalized spacial score (nSPS) is 27.7. The quantitative estimate of drug-likeness (QED) is 0.825. The van der Waals surface area contributed by atoms with E-state index in [1.807, 2.05) is 18.3 Å². The van der Waals surface area contributed by atoms with Crippen LogP contribution in [0.4, 0.5) is 0 Å². The summed E-state index contributed by atoms with van der Waals surface area (Å²) in [4.78, 5) is 21.5. The topological polar surface area (TPSA) is 45.7 Å². The third-order valence-corrected chi connectivity index (χ3v) is 6.07. The molecule has 0 bridgehead atoms. The fourth-order valence-electron chi connectivity index (χ4n) is 4.56. The van der Waals surface area contributed by atoms with Crippen LogP contribution >= 0.6 is 0 Å². The Kier molecular flexibility index (Phi) is 4.67. The molecule has 136 valence electrons. The Labute approximate surface area is 150 Å². The molecule has 0 unspecified atom stereocenters. The summed E-state index contributed by atoms with van der Waals surface area (Å²) in [7, 11) is 1.70. The zero-order valence-corrected chi connectivity index (χ0v) is 15.2. The van der Waals surface area contributed by atoms with Gasteiger partial charge in [0, 0.05) is 50.3 Å². The summed E-state index contributed by atoms with van der Waals surface area (Å²) in [5.41, 5.74) is 1.36. The van der Waals surface area contributed by atoms with Crippen molar-refractivity contribution < 1.29 is 9.53 Å². The standard InChI is InChI=1S/C20H29N3O2/c1-25-18-6-9-21-17(11-18)13-22-10-2-7-20(14-22)8-5-19(24)23(15-20)12-16-3-4-16/h6,9,11,16H,2-5,7-8,10,12-15H2,1H3/t20-/m1/s1. The van der Waals surface area contributed by atoms with Crippen molar-refractivity contribution in [2.75, 3.05) is 33.3 Å². The first-order chi connectivity index (χ1) is 12.2. The summed E-state index contributed by atoms with van der Waals surface area (Å²) in [5, 5.41) is 0. The Bertz CT molecular complexity index is 631. The van der Waals surface area contributed by atoms with Crippen LogP contribution in [0.5, 0.6) is 5.75 Å². The number of nitrogens with zero attached hydrogens (tertiary/aromatic N) is 3. The van der Waals surface area contributed by atoms with Crippen LogP contribution in [0.15, 0.2) is 18.3 Å². The number of methoxy groups -OCH3 is 1. The number of pyridine rings is 1. The summed E-state index contributed by atoms with van der Waals surface area (Å²) < 4.78 is 5.32. The predicted octanol–water partition coefficient (Wildman–Crippen LogP) is 2.70. The number of aromatic nitrogens is 1. The Hall–Kier alpha value is -1.62. The summed E-state index contributed by atoms with van der Waals surface area (Å²) in [6, 6.07) is 3.93. The molecule has 3 aliphatic rings. The average Bonchev–Trinajstić information content (AvgIpc) is 3.43. The molecule has 3 heterocycles. The highest BCUT2D eigenvalue weighted by Crippen LogP contribution is 2.41. The van der Waals surface area contributed by atoms with Gasteiger partial charge in [0.2, 0.25) is 5.91 Å². The molecule has 4 rings (SSSR count). The molecule has 1 aromatic rings. The molecule has 1 spiro atoms. The molecule has 2 saturated heterocycles. The molecule has 25 heavy (non-hydrogen) atoms. The highest BCUT2D eigenvalue weighted by molar-refractivity contribution is 5.77. The van der Waals surface area contributed by atoms with E-state index in [1.54, 1.807) is 7.11 Å². The first kappa shape index (κ1) is 16.8. The average molecular weight is 343 g/mol.